The van der Waals surface area contributed by atoms with Crippen LogP contribution >= 0.6 is 11.8 Å². The number of amides is 1. The number of rotatable bonds is 4. The molecule has 2 aliphatic rings. The van der Waals surface area contributed by atoms with Crippen LogP contribution in [0.5, 0.6) is 0 Å². The highest BCUT2D eigenvalue weighted by Gasteiger charge is 2.38. The van der Waals surface area contributed by atoms with E-state index in [0.717, 1.165) is 11.8 Å². The highest BCUT2D eigenvalue weighted by atomic mass is 32.2. The van der Waals surface area contributed by atoms with E-state index in [1.807, 2.05) is 0 Å². The number of carbonyl (C=O) groups is 3. The smallest absolute Gasteiger partial charge is 0.346 e. The molecular formula is C14H17N3O4S. The molecule has 0 unspecified atom stereocenters. The molecule has 0 saturated heterocycles. The third-order valence-corrected chi connectivity index (χ3v) is 4.26. The molecule has 0 atom stereocenters. The predicted octanol–water partition coefficient (Wildman–Crippen LogP) is 0.741. The van der Waals surface area contributed by atoms with Crippen molar-refractivity contribution in [3.63, 3.8) is 0 Å². The molecule has 0 saturated carbocycles. The molecule has 0 spiro atoms. The fourth-order valence-corrected chi connectivity index (χ4v) is 3.07. The lowest BCUT2D eigenvalue weighted by Gasteiger charge is -2.25. The number of fused-ring (bicyclic) bond motifs is 1. The maximum absolute atomic E-state index is 12.3. The van der Waals surface area contributed by atoms with Crippen molar-refractivity contribution in [3.05, 3.63) is 22.4 Å². The van der Waals surface area contributed by atoms with Gasteiger partial charge in [-0.2, -0.15) is 0 Å². The molecule has 2 aliphatic heterocycles. The molecule has 22 heavy (non-hydrogen) atoms. The average molecular weight is 323 g/mol. The van der Waals surface area contributed by atoms with Gasteiger partial charge in [-0.3, -0.25) is 19.5 Å². The van der Waals surface area contributed by atoms with E-state index in [4.69, 9.17) is 4.74 Å². The summed E-state index contributed by atoms with van der Waals surface area (Å²) in [6.07, 6.45) is 1.59. The van der Waals surface area contributed by atoms with Crippen LogP contribution < -0.4 is 0 Å². The Balaban J connectivity index is 2.34. The Labute approximate surface area is 132 Å². The number of likely N-dealkylation sites (N-methyl/N-ethyl adjacent to an activating group) is 1. The van der Waals surface area contributed by atoms with Gasteiger partial charge in [0.1, 0.15) is 4.91 Å². The fraction of sp³-hybridized carbons (Fsp3) is 0.429. The minimum atomic E-state index is -0.623. The molecule has 0 radical (unpaired) electrons. The third-order valence-electron chi connectivity index (χ3n) is 3.09. The van der Waals surface area contributed by atoms with Crippen molar-refractivity contribution in [3.8, 4) is 0 Å². The summed E-state index contributed by atoms with van der Waals surface area (Å²) in [5, 5.41) is 0.512. The van der Waals surface area contributed by atoms with Gasteiger partial charge in [0.05, 0.1) is 18.8 Å². The quantitative estimate of drug-likeness (QED) is 0.561. The van der Waals surface area contributed by atoms with Crippen LogP contribution in [-0.4, -0.2) is 59.9 Å². The number of ketones is 1. The number of hydrogen-bond donors (Lipinski definition) is 0. The van der Waals surface area contributed by atoms with Crippen LogP contribution in [-0.2, 0) is 19.1 Å². The summed E-state index contributed by atoms with van der Waals surface area (Å²) in [5.74, 6) is -1.69. The lowest BCUT2D eigenvalue weighted by molar-refractivity contribution is -0.141. The largest absolute Gasteiger partial charge is 0.462 e. The number of ether oxygens (including phenoxy) is 1. The van der Waals surface area contributed by atoms with Crippen LogP contribution in [0.2, 0.25) is 0 Å². The van der Waals surface area contributed by atoms with Gasteiger partial charge in [-0.25, -0.2) is 4.79 Å². The number of esters is 1. The highest BCUT2D eigenvalue weighted by Crippen LogP contribution is 2.39. The molecule has 7 nitrogen and oxygen atoms in total. The van der Waals surface area contributed by atoms with Gasteiger partial charge in [-0.15, -0.1) is 0 Å². The number of allylic oxidation sites excluding steroid dienone is 1. The Morgan fingerprint density at radius 3 is 2.68 bits per heavy atom. The first-order valence-electron chi connectivity index (χ1n) is 6.75. The van der Waals surface area contributed by atoms with Crippen molar-refractivity contribution in [1.29, 1.82) is 0 Å². The zero-order valence-electron chi connectivity index (χ0n) is 12.9. The van der Waals surface area contributed by atoms with Crippen molar-refractivity contribution in [1.82, 2.24) is 9.80 Å². The van der Waals surface area contributed by atoms with Crippen molar-refractivity contribution >= 4 is 34.6 Å². The topological polar surface area (TPSA) is 79.3 Å². The summed E-state index contributed by atoms with van der Waals surface area (Å²) < 4.78 is 5.00. The van der Waals surface area contributed by atoms with Gasteiger partial charge < -0.3 is 9.64 Å². The number of nitrogens with zero attached hydrogens (tertiary/aromatic N) is 3. The molecule has 0 N–H and O–H groups in total. The van der Waals surface area contributed by atoms with Gasteiger partial charge in [-0.1, -0.05) is 0 Å². The normalized spacial score (nSPS) is 16.8. The first kappa shape index (κ1) is 16.3. The van der Waals surface area contributed by atoms with Crippen LogP contribution in [0.15, 0.2) is 27.4 Å². The Morgan fingerprint density at radius 1 is 1.41 bits per heavy atom. The fourth-order valence-electron chi connectivity index (χ4n) is 2.04. The van der Waals surface area contributed by atoms with Crippen LogP contribution in [0.25, 0.3) is 0 Å². The summed E-state index contributed by atoms with van der Waals surface area (Å²) in [7, 11) is 3.04. The second-order valence-electron chi connectivity index (χ2n) is 4.81. The molecule has 0 fully saturated rings. The van der Waals surface area contributed by atoms with E-state index in [2.05, 4.69) is 4.99 Å². The SMILES string of the molecule is CCOC(=O)C1=C(C)N2C(C(=O)C(=O)N(C)C)=CCN=C2S1. The zero-order chi connectivity index (χ0) is 16.4. The highest BCUT2D eigenvalue weighted by molar-refractivity contribution is 8.18. The lowest BCUT2D eigenvalue weighted by Crippen LogP contribution is -2.38. The van der Waals surface area contributed by atoms with E-state index in [9.17, 15) is 14.4 Å². The maximum Gasteiger partial charge on any atom is 0.346 e. The lowest BCUT2D eigenvalue weighted by atomic mass is 10.2. The number of aliphatic imine (C=N–C) groups is 1. The second-order valence-corrected chi connectivity index (χ2v) is 5.79. The van der Waals surface area contributed by atoms with Crippen LogP contribution in [0.1, 0.15) is 13.8 Å². The van der Waals surface area contributed by atoms with Crippen molar-refractivity contribution in [2.24, 2.45) is 4.99 Å². The van der Waals surface area contributed by atoms with E-state index in [0.29, 0.717) is 22.3 Å². The van der Waals surface area contributed by atoms with E-state index in [1.54, 1.807) is 24.8 Å². The summed E-state index contributed by atoms with van der Waals surface area (Å²) >= 11 is 1.16. The predicted molar refractivity (Wildman–Crippen MR) is 82.8 cm³/mol. The molecular weight excluding hydrogens is 306 g/mol. The molecule has 0 aromatic carbocycles. The Morgan fingerprint density at radius 2 is 2.09 bits per heavy atom. The Bertz CT molecular complexity index is 634. The van der Waals surface area contributed by atoms with Gasteiger partial charge in [0.2, 0.25) is 0 Å². The third kappa shape index (κ3) is 2.78. The number of thioether (sulfide) groups is 1. The minimum absolute atomic E-state index is 0.230. The van der Waals surface area contributed by atoms with Crippen molar-refractivity contribution < 1.29 is 19.1 Å². The van der Waals surface area contributed by atoms with Crippen LogP contribution in [0.3, 0.4) is 0 Å². The van der Waals surface area contributed by atoms with Crippen LogP contribution in [0.4, 0.5) is 0 Å². The van der Waals surface area contributed by atoms with Gasteiger partial charge in [0.25, 0.3) is 11.7 Å². The number of amidine groups is 1. The van der Waals surface area contributed by atoms with Gasteiger partial charge in [0, 0.05) is 19.8 Å². The van der Waals surface area contributed by atoms with Gasteiger partial charge >= 0.3 is 5.97 Å². The van der Waals surface area contributed by atoms with Crippen LogP contribution in [0, 0.1) is 0 Å². The van der Waals surface area contributed by atoms with Crippen molar-refractivity contribution in [2.45, 2.75) is 13.8 Å². The number of carbonyl (C=O) groups excluding carboxylic acids is 3. The monoisotopic (exact) mass is 323 g/mol. The molecule has 2 heterocycles. The standard InChI is InChI=1S/C14H17N3O4S/c1-5-21-13(20)11-8(2)17-9(6-7-15-14(17)22-11)10(18)12(19)16(3)4/h6H,5,7H2,1-4H3. The summed E-state index contributed by atoms with van der Waals surface area (Å²) in [4.78, 5) is 43.6. The van der Waals surface area contributed by atoms with Crippen molar-refractivity contribution in [2.75, 3.05) is 27.2 Å². The molecule has 0 aromatic rings. The molecule has 0 bridgehead atoms. The molecule has 1 amide bonds. The summed E-state index contributed by atoms with van der Waals surface area (Å²) in [6, 6.07) is 0. The minimum Gasteiger partial charge on any atom is -0.462 e. The Hall–Kier alpha value is -2.09. The first-order chi connectivity index (χ1) is 10.4. The summed E-state index contributed by atoms with van der Waals surface area (Å²) in [5.41, 5.74) is 0.779. The molecule has 8 heteroatoms. The molecule has 0 aromatic heterocycles. The van der Waals surface area contributed by atoms with Gasteiger partial charge in [0.15, 0.2) is 5.17 Å². The Kier molecular flexibility index (Phi) is 4.70. The molecule has 0 aliphatic carbocycles. The second kappa shape index (κ2) is 6.35. The maximum atomic E-state index is 12.3. The first-order valence-corrected chi connectivity index (χ1v) is 7.56. The number of hydrogen-bond acceptors (Lipinski definition) is 7. The average Bonchev–Trinajstić information content (AvgIpc) is 2.83. The van der Waals surface area contributed by atoms with E-state index in [-0.39, 0.29) is 12.3 Å². The van der Waals surface area contributed by atoms with E-state index < -0.39 is 17.7 Å². The van der Waals surface area contributed by atoms with E-state index >= 15 is 0 Å². The molecule has 118 valence electrons. The molecule has 2 rings (SSSR count). The number of Topliss-reactive ketones (excluding diaryl/α,β-unsaturated/α-hetero) is 1. The van der Waals surface area contributed by atoms with E-state index in [1.165, 1.54) is 19.0 Å². The zero-order valence-corrected chi connectivity index (χ0v) is 13.7. The summed E-state index contributed by atoms with van der Waals surface area (Å²) in [6.45, 7) is 3.99. The van der Waals surface area contributed by atoms with Gasteiger partial charge in [-0.05, 0) is 31.7 Å².